The van der Waals surface area contributed by atoms with Gasteiger partial charge in [-0.1, -0.05) is 6.92 Å². The molecule has 0 aromatic carbocycles. The Hall–Kier alpha value is -0.870. The van der Waals surface area contributed by atoms with E-state index in [4.69, 9.17) is 4.74 Å². The van der Waals surface area contributed by atoms with Crippen LogP contribution in [0.25, 0.3) is 0 Å². The Morgan fingerprint density at radius 3 is 3.00 bits per heavy atom. The van der Waals surface area contributed by atoms with Gasteiger partial charge in [0.15, 0.2) is 5.78 Å². The molecule has 4 rings (SSSR count). The van der Waals surface area contributed by atoms with Crippen LogP contribution in [0, 0.1) is 11.8 Å². The number of piperidine rings is 1. The van der Waals surface area contributed by atoms with Gasteiger partial charge >= 0.3 is 0 Å². The Balaban J connectivity index is 1.70. The third-order valence-corrected chi connectivity index (χ3v) is 5.63. The Morgan fingerprint density at radius 2 is 2.15 bits per heavy atom. The van der Waals surface area contributed by atoms with Gasteiger partial charge in [0.25, 0.3) is 0 Å². The third kappa shape index (κ3) is 1.77. The van der Waals surface area contributed by atoms with E-state index in [2.05, 4.69) is 11.8 Å². The molecule has 0 amide bonds. The van der Waals surface area contributed by atoms with Gasteiger partial charge in [-0.2, -0.15) is 0 Å². The summed E-state index contributed by atoms with van der Waals surface area (Å²) in [5.41, 5.74) is 0.894. The van der Waals surface area contributed by atoms with Crippen molar-refractivity contribution in [2.24, 2.45) is 11.8 Å². The summed E-state index contributed by atoms with van der Waals surface area (Å²) in [4.78, 5) is 15.5. The van der Waals surface area contributed by atoms with Crippen molar-refractivity contribution in [2.75, 3.05) is 13.1 Å². The van der Waals surface area contributed by atoms with E-state index in [1.165, 1.54) is 6.42 Å². The lowest BCUT2D eigenvalue weighted by Crippen LogP contribution is -2.55. The van der Waals surface area contributed by atoms with E-state index < -0.39 is 0 Å². The molecule has 4 nitrogen and oxygen atoms in total. The molecule has 1 aliphatic carbocycles. The summed E-state index contributed by atoms with van der Waals surface area (Å²) in [5.74, 6) is 1.31. The molecule has 4 aliphatic rings. The van der Waals surface area contributed by atoms with Gasteiger partial charge in [0.05, 0.1) is 12.0 Å². The Morgan fingerprint density at radius 1 is 1.30 bits per heavy atom. The topological polar surface area (TPSA) is 49.8 Å². The zero-order valence-corrected chi connectivity index (χ0v) is 12.0. The summed E-state index contributed by atoms with van der Waals surface area (Å²) in [5, 5.41) is 9.92. The lowest BCUT2D eigenvalue weighted by Gasteiger charge is -2.46. The molecule has 20 heavy (non-hydrogen) atoms. The van der Waals surface area contributed by atoms with Crippen LogP contribution in [0.4, 0.5) is 0 Å². The highest BCUT2D eigenvalue weighted by atomic mass is 16.5. The minimum atomic E-state index is -0.348. The number of aliphatic hydroxyl groups excluding tert-OH is 1. The van der Waals surface area contributed by atoms with Gasteiger partial charge in [0, 0.05) is 24.6 Å². The molecule has 1 N–H and O–H groups in total. The van der Waals surface area contributed by atoms with Gasteiger partial charge in [-0.15, -0.1) is 0 Å². The number of Topliss-reactive ketones (excluding diaryl/α,β-unsaturated/α-hetero) is 1. The van der Waals surface area contributed by atoms with Crippen LogP contribution in [0.1, 0.15) is 39.0 Å². The fourth-order valence-corrected chi connectivity index (χ4v) is 4.79. The fraction of sp³-hybridized carbons (Fsp3) is 0.812. The lowest BCUT2D eigenvalue weighted by molar-refractivity contribution is -0.136. The highest BCUT2D eigenvalue weighted by Gasteiger charge is 2.50. The van der Waals surface area contributed by atoms with Crippen molar-refractivity contribution in [3.63, 3.8) is 0 Å². The summed E-state index contributed by atoms with van der Waals surface area (Å²) in [7, 11) is 0. The molecule has 0 unspecified atom stereocenters. The zero-order valence-electron chi connectivity index (χ0n) is 12.0. The number of ketones is 1. The smallest absolute Gasteiger partial charge is 0.170 e. The predicted molar refractivity (Wildman–Crippen MR) is 74.0 cm³/mol. The minimum Gasteiger partial charge on any atom is -0.493 e. The first kappa shape index (κ1) is 12.8. The quantitative estimate of drug-likeness (QED) is 0.729. The van der Waals surface area contributed by atoms with Crippen LogP contribution in [0.2, 0.25) is 0 Å². The van der Waals surface area contributed by atoms with Crippen LogP contribution in [-0.2, 0) is 9.53 Å². The molecule has 0 aromatic rings. The monoisotopic (exact) mass is 277 g/mol. The minimum absolute atomic E-state index is 0.0442. The molecule has 0 saturated carbocycles. The maximum absolute atomic E-state index is 13.0. The maximum Gasteiger partial charge on any atom is 0.170 e. The molecular formula is C16H23NO3. The zero-order chi connectivity index (χ0) is 13.9. The summed E-state index contributed by atoms with van der Waals surface area (Å²) in [6.45, 7) is 4.25. The number of aliphatic hydroxyl groups is 1. The molecule has 110 valence electrons. The van der Waals surface area contributed by atoms with Crippen LogP contribution in [-0.4, -0.2) is 47.1 Å². The van der Waals surface area contributed by atoms with Crippen LogP contribution >= 0.6 is 0 Å². The summed E-state index contributed by atoms with van der Waals surface area (Å²) in [6, 6.07) is 0.398. The first-order valence-corrected chi connectivity index (χ1v) is 8.01. The Kier molecular flexibility index (Phi) is 2.93. The Labute approximate surface area is 119 Å². The average Bonchev–Trinajstić information content (AvgIpc) is 2.85. The van der Waals surface area contributed by atoms with Gasteiger partial charge in [0.2, 0.25) is 0 Å². The number of rotatable bonds is 0. The molecule has 3 heterocycles. The van der Waals surface area contributed by atoms with Crippen molar-refractivity contribution in [1.82, 2.24) is 4.90 Å². The van der Waals surface area contributed by atoms with Crippen molar-refractivity contribution in [2.45, 2.75) is 57.3 Å². The molecular weight excluding hydrogens is 254 g/mol. The van der Waals surface area contributed by atoms with E-state index >= 15 is 0 Å². The molecule has 2 saturated heterocycles. The number of fused-ring (bicyclic) bond motifs is 3. The highest BCUT2D eigenvalue weighted by molar-refractivity contribution is 6.00. The molecule has 2 fully saturated rings. The third-order valence-electron chi connectivity index (χ3n) is 5.63. The normalized spacial score (nSPS) is 44.7. The van der Waals surface area contributed by atoms with E-state index in [1.807, 2.05) is 0 Å². The largest absolute Gasteiger partial charge is 0.493 e. The number of ether oxygens (including phenoxy) is 1. The van der Waals surface area contributed by atoms with Gasteiger partial charge in [-0.3, -0.25) is 9.69 Å². The van der Waals surface area contributed by atoms with Gasteiger partial charge in [0.1, 0.15) is 11.9 Å². The van der Waals surface area contributed by atoms with Crippen LogP contribution in [0.5, 0.6) is 0 Å². The molecule has 5 atom stereocenters. The van der Waals surface area contributed by atoms with E-state index in [0.717, 1.165) is 37.3 Å². The molecule has 0 bridgehead atoms. The van der Waals surface area contributed by atoms with Crippen LogP contribution in [0.3, 0.4) is 0 Å². The van der Waals surface area contributed by atoms with Crippen molar-refractivity contribution >= 4 is 5.78 Å². The second kappa shape index (κ2) is 4.57. The van der Waals surface area contributed by atoms with Crippen molar-refractivity contribution in [1.29, 1.82) is 0 Å². The second-order valence-corrected chi connectivity index (χ2v) is 6.91. The number of hydrogen-bond acceptors (Lipinski definition) is 4. The summed E-state index contributed by atoms with van der Waals surface area (Å²) < 4.78 is 6.19. The standard InChI is InChI=1S/C16H23NO3/c1-9-7-10(18)8-13-14(9)16(19)15-11-3-2-5-17(11)6-4-12(15)20-13/h9-12,15,18H,2-8H2,1H3/t9-,10-,11-,12+,15-/m0/s1. The van der Waals surface area contributed by atoms with Crippen LogP contribution < -0.4 is 0 Å². The van der Waals surface area contributed by atoms with Crippen LogP contribution in [0.15, 0.2) is 11.3 Å². The summed E-state index contributed by atoms with van der Waals surface area (Å²) in [6.07, 6.45) is 4.23. The second-order valence-electron chi connectivity index (χ2n) is 6.91. The molecule has 0 radical (unpaired) electrons. The molecule has 4 heteroatoms. The number of nitrogens with zero attached hydrogens (tertiary/aromatic N) is 1. The van der Waals surface area contributed by atoms with E-state index in [1.54, 1.807) is 0 Å². The number of carbonyl (C=O) groups excluding carboxylic acids is 1. The number of hydrogen-bond donors (Lipinski definition) is 1. The number of allylic oxidation sites excluding steroid dienone is 1. The first-order valence-electron chi connectivity index (χ1n) is 8.01. The molecule has 3 aliphatic heterocycles. The number of carbonyl (C=O) groups is 1. The molecule has 0 aromatic heterocycles. The van der Waals surface area contributed by atoms with Crippen molar-refractivity contribution in [3.05, 3.63) is 11.3 Å². The highest BCUT2D eigenvalue weighted by Crippen LogP contribution is 2.44. The van der Waals surface area contributed by atoms with Gasteiger partial charge in [-0.05, 0) is 38.1 Å². The SMILES string of the molecule is C[C@H]1C[C@H](O)CC2=C1C(=O)[C@@H]1[C@@H](CCN3CCC[C@@H]13)O2. The fourth-order valence-electron chi connectivity index (χ4n) is 4.79. The summed E-state index contributed by atoms with van der Waals surface area (Å²) >= 11 is 0. The predicted octanol–water partition coefficient (Wildman–Crippen LogP) is 1.48. The van der Waals surface area contributed by atoms with Gasteiger partial charge in [-0.25, -0.2) is 0 Å². The Bertz CT molecular complexity index is 472. The lowest BCUT2D eigenvalue weighted by atomic mass is 9.73. The van der Waals surface area contributed by atoms with Crippen molar-refractivity contribution in [3.8, 4) is 0 Å². The average molecular weight is 277 g/mol. The maximum atomic E-state index is 13.0. The first-order chi connectivity index (χ1) is 9.65. The van der Waals surface area contributed by atoms with E-state index in [-0.39, 0.29) is 24.0 Å². The molecule has 0 spiro atoms. The van der Waals surface area contributed by atoms with Crippen molar-refractivity contribution < 1.29 is 14.6 Å². The van der Waals surface area contributed by atoms with E-state index in [0.29, 0.717) is 24.7 Å². The van der Waals surface area contributed by atoms with Gasteiger partial charge < -0.3 is 9.84 Å². The van der Waals surface area contributed by atoms with E-state index in [9.17, 15) is 9.90 Å².